The molecule has 1 aromatic carbocycles. The molecule has 2 aromatic heterocycles. The van der Waals surface area contributed by atoms with E-state index in [1.165, 1.54) is 23.5 Å². The lowest BCUT2D eigenvalue weighted by atomic mass is 9.92. The van der Waals surface area contributed by atoms with E-state index in [2.05, 4.69) is 20.6 Å². The Balaban J connectivity index is 1.55. The first kappa shape index (κ1) is 26.1. The van der Waals surface area contributed by atoms with E-state index in [1.807, 2.05) is 27.8 Å². The maximum Gasteiger partial charge on any atom is 0.325 e. The number of aromatic nitrogens is 2. The van der Waals surface area contributed by atoms with Gasteiger partial charge >= 0.3 is 6.03 Å². The Bertz CT molecular complexity index is 1270. The predicted octanol–water partition coefficient (Wildman–Crippen LogP) is 5.36. The summed E-state index contributed by atoms with van der Waals surface area (Å²) in [6.45, 7) is 10.7. The quantitative estimate of drug-likeness (QED) is 0.473. The summed E-state index contributed by atoms with van der Waals surface area (Å²) >= 11 is 7.67. The highest BCUT2D eigenvalue weighted by Gasteiger charge is 2.27. The Labute approximate surface area is 219 Å². The maximum absolute atomic E-state index is 13.5. The zero-order chi connectivity index (χ0) is 26.2. The standard InChI is InChI=1S/C25H30ClFN6O2S/c1-15-20(26)21(23(34)32-12-10-31(5)11-13-32)36-22(15)29-24(35)28-19-14-18(25(2,3)4)30-33(19)17-8-6-16(27)7-9-17/h6-9,14H,10-13H2,1-5H3,(H2,28,29,35). The lowest BCUT2D eigenvalue weighted by Gasteiger charge is -2.32. The van der Waals surface area contributed by atoms with E-state index in [1.54, 1.807) is 34.7 Å². The predicted molar refractivity (Wildman–Crippen MR) is 142 cm³/mol. The van der Waals surface area contributed by atoms with Crippen LogP contribution in [0.3, 0.4) is 0 Å². The Morgan fingerprint density at radius 1 is 1.08 bits per heavy atom. The second kappa shape index (κ2) is 10.2. The molecule has 1 fully saturated rings. The Kier molecular flexibility index (Phi) is 7.40. The van der Waals surface area contributed by atoms with Gasteiger partial charge in [0.1, 0.15) is 21.5 Å². The van der Waals surface area contributed by atoms with Crippen molar-refractivity contribution in [3.05, 3.63) is 57.3 Å². The minimum atomic E-state index is -0.502. The lowest BCUT2D eigenvalue weighted by Crippen LogP contribution is -2.47. The van der Waals surface area contributed by atoms with Crippen LogP contribution in [0.1, 0.15) is 41.7 Å². The molecule has 1 saturated heterocycles. The van der Waals surface area contributed by atoms with Crippen LogP contribution >= 0.6 is 22.9 Å². The van der Waals surface area contributed by atoms with Crippen LogP contribution in [-0.4, -0.2) is 64.7 Å². The topological polar surface area (TPSA) is 82.5 Å². The van der Waals surface area contributed by atoms with Crippen molar-refractivity contribution in [1.29, 1.82) is 0 Å². The van der Waals surface area contributed by atoms with Gasteiger partial charge in [-0.05, 0) is 38.2 Å². The fourth-order valence-corrected chi connectivity index (χ4v) is 5.18. The summed E-state index contributed by atoms with van der Waals surface area (Å²) in [4.78, 5) is 30.4. The lowest BCUT2D eigenvalue weighted by molar-refractivity contribution is 0.0669. The number of anilines is 2. The van der Waals surface area contributed by atoms with Crippen LogP contribution in [0.5, 0.6) is 0 Å². The van der Waals surface area contributed by atoms with Crippen molar-refractivity contribution in [1.82, 2.24) is 19.6 Å². The summed E-state index contributed by atoms with van der Waals surface area (Å²) in [5.41, 5.74) is 1.74. The van der Waals surface area contributed by atoms with Crippen molar-refractivity contribution in [2.45, 2.75) is 33.1 Å². The van der Waals surface area contributed by atoms with Crippen LogP contribution in [0, 0.1) is 12.7 Å². The summed E-state index contributed by atoms with van der Waals surface area (Å²) < 4.78 is 15.0. The van der Waals surface area contributed by atoms with Crippen LogP contribution < -0.4 is 10.6 Å². The molecule has 3 aromatic rings. The molecule has 0 atom stereocenters. The second-order valence-corrected chi connectivity index (χ2v) is 11.3. The minimum Gasteiger partial charge on any atom is -0.335 e. The van der Waals surface area contributed by atoms with Crippen LogP contribution in [-0.2, 0) is 5.41 Å². The Morgan fingerprint density at radius 2 is 1.72 bits per heavy atom. The third-order valence-corrected chi connectivity index (χ3v) is 7.86. The number of halogens is 2. The fourth-order valence-electron chi connectivity index (χ4n) is 3.77. The highest BCUT2D eigenvalue weighted by atomic mass is 35.5. The highest BCUT2D eigenvalue weighted by Crippen LogP contribution is 2.37. The van der Waals surface area contributed by atoms with Crippen molar-refractivity contribution in [2.24, 2.45) is 0 Å². The van der Waals surface area contributed by atoms with E-state index >= 15 is 0 Å². The molecule has 11 heteroatoms. The molecule has 0 radical (unpaired) electrons. The first-order valence-electron chi connectivity index (χ1n) is 11.6. The number of piperazine rings is 1. The zero-order valence-electron chi connectivity index (χ0n) is 21.0. The van der Waals surface area contributed by atoms with Gasteiger partial charge in [0.15, 0.2) is 0 Å². The molecule has 36 heavy (non-hydrogen) atoms. The van der Waals surface area contributed by atoms with Gasteiger partial charge in [-0.2, -0.15) is 5.10 Å². The van der Waals surface area contributed by atoms with Gasteiger partial charge in [-0.3, -0.25) is 15.4 Å². The molecule has 4 rings (SSSR count). The molecule has 1 aliphatic rings. The summed E-state index contributed by atoms with van der Waals surface area (Å²) in [5, 5.41) is 11.2. The van der Waals surface area contributed by atoms with Crippen molar-refractivity contribution < 1.29 is 14.0 Å². The van der Waals surface area contributed by atoms with E-state index < -0.39 is 6.03 Å². The number of thiophene rings is 1. The number of urea groups is 1. The van der Waals surface area contributed by atoms with E-state index in [0.717, 1.165) is 18.8 Å². The molecule has 3 heterocycles. The van der Waals surface area contributed by atoms with Gasteiger partial charge in [-0.1, -0.05) is 32.4 Å². The van der Waals surface area contributed by atoms with Gasteiger partial charge in [0.25, 0.3) is 5.91 Å². The summed E-state index contributed by atoms with van der Waals surface area (Å²) in [6.07, 6.45) is 0. The van der Waals surface area contributed by atoms with Crippen LogP contribution in [0.4, 0.5) is 20.0 Å². The van der Waals surface area contributed by atoms with Crippen LogP contribution in [0.25, 0.3) is 5.69 Å². The monoisotopic (exact) mass is 532 g/mol. The highest BCUT2D eigenvalue weighted by molar-refractivity contribution is 7.19. The van der Waals surface area contributed by atoms with Crippen molar-refractivity contribution >= 4 is 45.7 Å². The summed E-state index contributed by atoms with van der Waals surface area (Å²) in [6, 6.07) is 7.16. The number of likely N-dealkylation sites (N-methyl/N-ethyl adjacent to an activating group) is 1. The largest absolute Gasteiger partial charge is 0.335 e. The maximum atomic E-state index is 13.5. The van der Waals surface area contributed by atoms with E-state index in [-0.39, 0.29) is 17.1 Å². The number of hydrogen-bond donors (Lipinski definition) is 2. The third-order valence-electron chi connectivity index (χ3n) is 6.08. The number of nitrogens with one attached hydrogen (secondary N) is 2. The van der Waals surface area contributed by atoms with E-state index in [9.17, 15) is 14.0 Å². The number of hydrogen-bond acceptors (Lipinski definition) is 5. The van der Waals surface area contributed by atoms with Gasteiger partial charge in [0.05, 0.1) is 16.4 Å². The normalized spacial score (nSPS) is 14.7. The van der Waals surface area contributed by atoms with E-state index in [0.29, 0.717) is 45.1 Å². The van der Waals surface area contributed by atoms with Crippen molar-refractivity contribution in [3.8, 4) is 5.69 Å². The molecule has 0 saturated carbocycles. The zero-order valence-corrected chi connectivity index (χ0v) is 22.6. The molecule has 2 N–H and O–H groups in total. The number of nitrogens with zero attached hydrogens (tertiary/aromatic N) is 4. The number of rotatable bonds is 4. The smallest absolute Gasteiger partial charge is 0.325 e. The number of carbonyl (C=O) groups excluding carboxylic acids is 2. The number of benzene rings is 1. The Hall–Kier alpha value is -2.95. The van der Waals surface area contributed by atoms with Gasteiger partial charge in [-0.25, -0.2) is 13.9 Å². The van der Waals surface area contributed by atoms with Crippen LogP contribution in [0.2, 0.25) is 5.02 Å². The molecular formula is C25H30ClFN6O2S. The molecule has 8 nitrogen and oxygen atoms in total. The average Bonchev–Trinajstić information content (AvgIpc) is 3.36. The molecule has 192 valence electrons. The second-order valence-electron chi connectivity index (χ2n) is 9.93. The number of amides is 3. The van der Waals surface area contributed by atoms with Gasteiger partial charge in [0.2, 0.25) is 0 Å². The van der Waals surface area contributed by atoms with Gasteiger partial charge < -0.3 is 9.80 Å². The fraction of sp³-hybridized carbons (Fsp3) is 0.400. The molecule has 0 spiro atoms. The van der Waals surface area contributed by atoms with Crippen LogP contribution in [0.15, 0.2) is 30.3 Å². The van der Waals surface area contributed by atoms with Crippen molar-refractivity contribution in [3.63, 3.8) is 0 Å². The molecule has 1 aliphatic heterocycles. The first-order valence-corrected chi connectivity index (χ1v) is 12.8. The SMILES string of the molecule is Cc1c(NC(=O)Nc2cc(C(C)(C)C)nn2-c2ccc(F)cc2)sc(C(=O)N2CCN(C)CC2)c1Cl. The van der Waals surface area contributed by atoms with E-state index in [4.69, 9.17) is 11.6 Å². The molecular weight excluding hydrogens is 503 g/mol. The summed E-state index contributed by atoms with van der Waals surface area (Å²) in [5.74, 6) is -0.0573. The molecule has 3 amide bonds. The first-order chi connectivity index (χ1) is 16.9. The summed E-state index contributed by atoms with van der Waals surface area (Å²) in [7, 11) is 2.03. The molecule has 0 bridgehead atoms. The molecule has 0 unspecified atom stereocenters. The number of carbonyl (C=O) groups is 2. The minimum absolute atomic E-state index is 0.126. The molecule has 0 aliphatic carbocycles. The van der Waals surface area contributed by atoms with Gasteiger partial charge in [-0.15, -0.1) is 11.3 Å². The third kappa shape index (κ3) is 5.55. The Morgan fingerprint density at radius 3 is 2.33 bits per heavy atom. The van der Waals surface area contributed by atoms with Crippen molar-refractivity contribution in [2.75, 3.05) is 43.9 Å². The average molecular weight is 533 g/mol. The van der Waals surface area contributed by atoms with Gasteiger partial charge in [0, 0.05) is 43.2 Å².